The molecule has 1 nitrogen and oxygen atoms in total. The van der Waals surface area contributed by atoms with Crippen LogP contribution in [0.25, 0.3) is 0 Å². The second-order valence-corrected chi connectivity index (χ2v) is 3.07. The molecule has 0 N–H and O–H groups in total. The summed E-state index contributed by atoms with van der Waals surface area (Å²) in [4.78, 5) is 0. The van der Waals surface area contributed by atoms with Gasteiger partial charge in [-0.2, -0.15) is 0 Å². The maximum Gasteiger partial charge on any atom is 0.573 e. The second-order valence-electron chi connectivity index (χ2n) is 3.07. The fraction of sp³-hybridized carbons (Fsp3) is 0.400. The largest absolute Gasteiger partial charge is 0.573 e. The highest BCUT2D eigenvalue weighted by Gasteiger charge is 2.32. The fourth-order valence-electron chi connectivity index (χ4n) is 1.24. The Hall–Kier alpha value is -1.33. The Bertz CT molecular complexity index is 359. The molecule has 1 rings (SSSR count). The minimum Gasteiger partial charge on any atom is -0.406 e. The van der Waals surface area contributed by atoms with E-state index in [4.69, 9.17) is 0 Å². The molecule has 6 heteroatoms. The van der Waals surface area contributed by atoms with Gasteiger partial charge in [-0.3, -0.25) is 0 Å². The van der Waals surface area contributed by atoms with Crippen molar-refractivity contribution in [1.82, 2.24) is 0 Å². The SMILES string of the molecule is CCc1cc(C(F)F)ccc1OC(F)(F)F. The zero-order chi connectivity index (χ0) is 12.3. The summed E-state index contributed by atoms with van der Waals surface area (Å²) in [6, 6.07) is 2.85. The van der Waals surface area contributed by atoms with E-state index in [2.05, 4.69) is 4.74 Å². The predicted octanol–water partition coefficient (Wildman–Crippen LogP) is 4.09. The van der Waals surface area contributed by atoms with Crippen molar-refractivity contribution in [1.29, 1.82) is 0 Å². The van der Waals surface area contributed by atoms with E-state index in [1.165, 1.54) is 0 Å². The van der Waals surface area contributed by atoms with Crippen LogP contribution in [0.4, 0.5) is 22.0 Å². The zero-order valence-corrected chi connectivity index (χ0v) is 8.31. The molecule has 0 spiro atoms. The quantitative estimate of drug-likeness (QED) is 0.723. The minimum atomic E-state index is -4.81. The van der Waals surface area contributed by atoms with E-state index >= 15 is 0 Å². The van der Waals surface area contributed by atoms with Gasteiger partial charge in [-0.05, 0) is 30.2 Å². The summed E-state index contributed by atoms with van der Waals surface area (Å²) >= 11 is 0. The first-order chi connectivity index (χ1) is 7.33. The number of aryl methyl sites for hydroxylation is 1. The Labute approximate surface area is 88.8 Å². The van der Waals surface area contributed by atoms with Crippen molar-refractivity contribution < 1.29 is 26.7 Å². The minimum absolute atomic E-state index is 0.107. The lowest BCUT2D eigenvalue weighted by atomic mass is 10.1. The summed E-state index contributed by atoms with van der Waals surface area (Å²) in [7, 11) is 0. The van der Waals surface area contributed by atoms with Crippen molar-refractivity contribution in [2.24, 2.45) is 0 Å². The molecule has 90 valence electrons. The molecule has 0 atom stereocenters. The van der Waals surface area contributed by atoms with Crippen molar-refractivity contribution in [3.05, 3.63) is 29.3 Å². The lowest BCUT2D eigenvalue weighted by Crippen LogP contribution is -2.18. The van der Waals surface area contributed by atoms with Crippen LogP contribution in [0.3, 0.4) is 0 Å². The highest BCUT2D eigenvalue weighted by atomic mass is 19.4. The van der Waals surface area contributed by atoms with Gasteiger partial charge in [0.2, 0.25) is 0 Å². The number of ether oxygens (including phenoxy) is 1. The highest BCUT2D eigenvalue weighted by molar-refractivity contribution is 5.37. The first kappa shape index (κ1) is 12.7. The zero-order valence-electron chi connectivity index (χ0n) is 8.31. The van der Waals surface area contributed by atoms with Gasteiger partial charge in [-0.25, -0.2) is 8.78 Å². The van der Waals surface area contributed by atoms with Gasteiger partial charge in [-0.15, -0.1) is 13.2 Å². The molecule has 0 aliphatic carbocycles. The molecule has 1 aromatic rings. The Morgan fingerprint density at radius 3 is 2.31 bits per heavy atom. The summed E-state index contributed by atoms with van der Waals surface area (Å²) in [6.07, 6.45) is -7.33. The molecule has 1 aromatic carbocycles. The van der Waals surface area contributed by atoms with E-state index in [0.29, 0.717) is 0 Å². The number of alkyl halides is 5. The molecule has 0 aliphatic heterocycles. The van der Waals surface area contributed by atoms with Crippen molar-refractivity contribution >= 4 is 0 Å². The molecule has 0 aromatic heterocycles. The van der Waals surface area contributed by atoms with Gasteiger partial charge in [0.1, 0.15) is 5.75 Å². The first-order valence-electron chi connectivity index (χ1n) is 4.50. The molecule has 0 heterocycles. The lowest BCUT2D eigenvalue weighted by molar-refractivity contribution is -0.274. The van der Waals surface area contributed by atoms with Crippen LogP contribution in [0.5, 0.6) is 5.75 Å². The summed E-state index contributed by atoms with van der Waals surface area (Å²) in [5.41, 5.74) is -0.207. The fourth-order valence-corrected chi connectivity index (χ4v) is 1.24. The average molecular weight is 240 g/mol. The number of benzene rings is 1. The molecule has 0 unspecified atom stereocenters. The van der Waals surface area contributed by atoms with Crippen molar-refractivity contribution in [3.63, 3.8) is 0 Å². The molecule has 0 fully saturated rings. The van der Waals surface area contributed by atoms with Gasteiger partial charge in [0.05, 0.1) is 0 Å². The van der Waals surface area contributed by atoms with E-state index in [9.17, 15) is 22.0 Å². The maximum absolute atomic E-state index is 12.3. The summed E-state index contributed by atoms with van der Waals surface area (Å²) in [5, 5.41) is 0. The molecule has 16 heavy (non-hydrogen) atoms. The summed E-state index contributed by atoms with van der Waals surface area (Å²) in [5.74, 6) is -0.431. The molecule has 0 saturated carbocycles. The molecule has 0 aliphatic rings. The number of hydrogen-bond donors (Lipinski definition) is 0. The third-order valence-electron chi connectivity index (χ3n) is 1.94. The predicted molar refractivity (Wildman–Crippen MR) is 47.5 cm³/mol. The first-order valence-corrected chi connectivity index (χ1v) is 4.50. The third-order valence-corrected chi connectivity index (χ3v) is 1.94. The molecular formula is C10H9F5O. The smallest absolute Gasteiger partial charge is 0.406 e. The maximum atomic E-state index is 12.3. The number of rotatable bonds is 3. The third kappa shape index (κ3) is 3.36. The van der Waals surface area contributed by atoms with Crippen molar-refractivity contribution in [2.45, 2.75) is 26.1 Å². The number of hydrogen-bond acceptors (Lipinski definition) is 1. The Morgan fingerprint density at radius 2 is 1.88 bits per heavy atom. The molecule has 0 saturated heterocycles. The van der Waals surface area contributed by atoms with E-state index < -0.39 is 18.5 Å². The monoisotopic (exact) mass is 240 g/mol. The van der Waals surface area contributed by atoms with E-state index in [0.717, 1.165) is 18.2 Å². The van der Waals surface area contributed by atoms with E-state index in [-0.39, 0.29) is 17.5 Å². The van der Waals surface area contributed by atoms with E-state index in [1.54, 1.807) is 6.92 Å². The van der Waals surface area contributed by atoms with Gasteiger partial charge in [-0.1, -0.05) is 6.92 Å². The van der Waals surface area contributed by atoms with Crippen LogP contribution in [0.15, 0.2) is 18.2 Å². The average Bonchev–Trinajstić information content (AvgIpc) is 2.15. The van der Waals surface area contributed by atoms with Gasteiger partial charge in [0.25, 0.3) is 6.43 Å². The summed E-state index contributed by atoms with van der Waals surface area (Å²) < 4.78 is 64.1. The van der Waals surface area contributed by atoms with E-state index in [1.807, 2.05) is 0 Å². The highest BCUT2D eigenvalue weighted by Crippen LogP contribution is 2.30. The van der Waals surface area contributed by atoms with Gasteiger partial charge >= 0.3 is 6.36 Å². The van der Waals surface area contributed by atoms with Crippen LogP contribution in [0.2, 0.25) is 0 Å². The lowest BCUT2D eigenvalue weighted by Gasteiger charge is -2.13. The van der Waals surface area contributed by atoms with Crippen LogP contribution in [-0.4, -0.2) is 6.36 Å². The second kappa shape index (κ2) is 4.67. The number of halogens is 5. The Balaban J connectivity index is 3.02. The molecular weight excluding hydrogens is 231 g/mol. The van der Waals surface area contributed by atoms with Crippen molar-refractivity contribution in [3.8, 4) is 5.75 Å². The molecule has 0 amide bonds. The Morgan fingerprint density at radius 1 is 1.25 bits per heavy atom. The van der Waals surface area contributed by atoms with Crippen LogP contribution in [0, 0.1) is 0 Å². The van der Waals surface area contributed by atoms with Gasteiger partial charge in [0, 0.05) is 5.56 Å². The molecule has 0 bridgehead atoms. The van der Waals surface area contributed by atoms with Gasteiger partial charge in [0.15, 0.2) is 0 Å². The topological polar surface area (TPSA) is 9.23 Å². The van der Waals surface area contributed by atoms with Crippen LogP contribution in [-0.2, 0) is 6.42 Å². The molecule has 0 radical (unpaired) electrons. The van der Waals surface area contributed by atoms with Crippen LogP contribution in [0.1, 0.15) is 24.5 Å². The van der Waals surface area contributed by atoms with Crippen LogP contribution < -0.4 is 4.74 Å². The normalized spacial score (nSPS) is 11.9. The van der Waals surface area contributed by atoms with Gasteiger partial charge < -0.3 is 4.74 Å². The van der Waals surface area contributed by atoms with Crippen LogP contribution >= 0.6 is 0 Å². The summed E-state index contributed by atoms with van der Waals surface area (Å²) in [6.45, 7) is 1.56. The van der Waals surface area contributed by atoms with Crippen molar-refractivity contribution in [2.75, 3.05) is 0 Å². The standard InChI is InChI=1S/C10H9F5O/c1-2-6-5-7(9(11)12)3-4-8(6)16-10(13,14)15/h3-5,9H,2H2,1H3. The Kier molecular flexibility index (Phi) is 3.72.